The van der Waals surface area contributed by atoms with E-state index in [9.17, 15) is 33.3 Å². The fourth-order valence-corrected chi connectivity index (χ4v) is 3.82. The van der Waals surface area contributed by atoms with Crippen LogP contribution in [0, 0.1) is 0 Å². The fourth-order valence-electron chi connectivity index (χ4n) is 3.30. The minimum atomic E-state index is -3.87. The predicted octanol–water partition coefficient (Wildman–Crippen LogP) is -3.03. The number of aliphatic hydroxyl groups is 3. The van der Waals surface area contributed by atoms with Crippen LogP contribution in [-0.4, -0.2) is 81.5 Å². The maximum absolute atomic E-state index is 12.3. The Balaban J connectivity index is 1.70. The van der Waals surface area contributed by atoms with Crippen LogP contribution in [0.25, 0.3) is 0 Å². The van der Waals surface area contributed by atoms with Crippen LogP contribution in [0.1, 0.15) is 29.2 Å². The molecule has 0 unspecified atom stereocenters. The molecule has 14 nitrogen and oxygen atoms in total. The van der Waals surface area contributed by atoms with Gasteiger partial charge in [0.1, 0.15) is 30.0 Å². The van der Waals surface area contributed by atoms with E-state index in [0.717, 1.165) is 0 Å². The largest absolute Gasteiger partial charge is 0.394 e. The lowest BCUT2D eigenvalue weighted by molar-refractivity contribution is -0.219. The number of hydrogen-bond acceptors (Lipinski definition) is 10. The first kappa shape index (κ1) is 24.7. The Kier molecular flexibility index (Phi) is 7.41. The molecule has 0 aliphatic carbocycles. The highest BCUT2D eigenvalue weighted by Gasteiger charge is 2.46. The highest BCUT2D eigenvalue weighted by molar-refractivity contribution is 7.89. The van der Waals surface area contributed by atoms with Gasteiger partial charge < -0.3 is 30.7 Å². The van der Waals surface area contributed by atoms with Crippen LogP contribution in [0.3, 0.4) is 0 Å². The SMILES string of the molecule is CC(=O)N[C@@H]1[C@@H](O)[C@H](O)[C@@H](CO)O[C@H]1n1cc(CNC(=O)c2ccc(S(N)(=O)=O)cc2)nn1. The summed E-state index contributed by atoms with van der Waals surface area (Å²) in [4.78, 5) is 23.7. The van der Waals surface area contributed by atoms with Gasteiger partial charge in [-0.25, -0.2) is 18.2 Å². The van der Waals surface area contributed by atoms with Gasteiger partial charge in [0.25, 0.3) is 5.91 Å². The van der Waals surface area contributed by atoms with E-state index in [4.69, 9.17) is 9.88 Å². The summed E-state index contributed by atoms with van der Waals surface area (Å²) in [7, 11) is -3.87. The van der Waals surface area contributed by atoms with Crippen LogP contribution in [0.15, 0.2) is 35.4 Å². The Morgan fingerprint density at radius 2 is 1.88 bits per heavy atom. The van der Waals surface area contributed by atoms with Crippen LogP contribution < -0.4 is 15.8 Å². The first-order chi connectivity index (χ1) is 15.5. The van der Waals surface area contributed by atoms with E-state index in [1.165, 1.54) is 42.1 Å². The van der Waals surface area contributed by atoms with Crippen LogP contribution >= 0.6 is 0 Å². The molecule has 5 atom stereocenters. The molecule has 0 radical (unpaired) electrons. The molecule has 2 amide bonds. The summed E-state index contributed by atoms with van der Waals surface area (Å²) >= 11 is 0. The average molecular weight is 484 g/mol. The van der Waals surface area contributed by atoms with Gasteiger partial charge in [-0.3, -0.25) is 9.59 Å². The third-order valence-corrected chi connectivity index (χ3v) is 5.89. The van der Waals surface area contributed by atoms with Gasteiger partial charge in [-0.05, 0) is 24.3 Å². The van der Waals surface area contributed by atoms with E-state index in [1.54, 1.807) is 0 Å². The highest BCUT2D eigenvalue weighted by atomic mass is 32.2. The van der Waals surface area contributed by atoms with Crippen LogP contribution in [0.4, 0.5) is 0 Å². The molecule has 1 aliphatic rings. The van der Waals surface area contributed by atoms with Gasteiger partial charge in [0.05, 0.1) is 24.2 Å². The second kappa shape index (κ2) is 9.90. The normalized spacial score (nSPS) is 25.4. The number of rotatable bonds is 7. The van der Waals surface area contributed by atoms with Crippen molar-refractivity contribution < 1.29 is 38.1 Å². The number of aromatic nitrogens is 3. The molecule has 33 heavy (non-hydrogen) atoms. The monoisotopic (exact) mass is 484 g/mol. The Hall–Kier alpha value is -2.95. The van der Waals surface area contributed by atoms with Crippen molar-refractivity contribution in [2.45, 2.75) is 48.9 Å². The van der Waals surface area contributed by atoms with Gasteiger partial charge in [0.15, 0.2) is 6.23 Å². The van der Waals surface area contributed by atoms with Crippen molar-refractivity contribution in [2.75, 3.05) is 6.61 Å². The number of sulfonamides is 1. The van der Waals surface area contributed by atoms with E-state index in [2.05, 4.69) is 20.9 Å². The minimum Gasteiger partial charge on any atom is -0.394 e. The third kappa shape index (κ3) is 5.70. The highest BCUT2D eigenvalue weighted by Crippen LogP contribution is 2.28. The number of carbonyl (C=O) groups excluding carboxylic acids is 2. The molecule has 2 heterocycles. The molecule has 1 saturated heterocycles. The number of nitrogens with two attached hydrogens (primary N) is 1. The van der Waals surface area contributed by atoms with Crippen LogP contribution in [-0.2, 0) is 26.1 Å². The summed E-state index contributed by atoms with van der Waals surface area (Å²) in [5.74, 6) is -0.988. The maximum atomic E-state index is 12.3. The Bertz CT molecular complexity index is 1110. The molecule has 2 aromatic rings. The Labute approximate surface area is 188 Å². The zero-order valence-electron chi connectivity index (χ0n) is 17.4. The van der Waals surface area contributed by atoms with Crippen molar-refractivity contribution in [2.24, 2.45) is 5.14 Å². The standard InChI is InChI=1S/C18H24N6O8S/c1-9(26)21-14-16(28)15(27)13(8-25)32-18(14)24-7-11(22-23-24)6-20-17(29)10-2-4-12(5-3-10)33(19,30)31/h2-5,7,13-16,18,25,27-28H,6,8H2,1H3,(H,20,29)(H,21,26)(H2,19,30,31)/t13-,14-,15-,16-,18-/m1/s1. The summed E-state index contributed by atoms with van der Waals surface area (Å²) in [5.41, 5.74) is 0.495. The minimum absolute atomic E-state index is 0.0537. The summed E-state index contributed by atoms with van der Waals surface area (Å²) in [5, 5.41) is 47.8. The number of carbonyl (C=O) groups is 2. The Morgan fingerprint density at radius 1 is 1.21 bits per heavy atom. The molecule has 3 rings (SSSR count). The van der Waals surface area contributed by atoms with Crippen molar-refractivity contribution in [1.82, 2.24) is 25.6 Å². The zero-order chi connectivity index (χ0) is 24.3. The van der Waals surface area contributed by atoms with Gasteiger partial charge in [-0.15, -0.1) is 5.10 Å². The second-order valence-corrected chi connectivity index (χ2v) is 8.96. The number of ether oxygens (including phenoxy) is 1. The fraction of sp³-hybridized carbons (Fsp3) is 0.444. The van der Waals surface area contributed by atoms with Gasteiger partial charge in [0.2, 0.25) is 15.9 Å². The molecule has 1 aromatic heterocycles. The average Bonchev–Trinajstić information content (AvgIpc) is 3.23. The predicted molar refractivity (Wildman–Crippen MR) is 110 cm³/mol. The first-order valence-corrected chi connectivity index (χ1v) is 11.3. The van der Waals surface area contributed by atoms with E-state index in [0.29, 0.717) is 5.69 Å². The number of nitrogens with one attached hydrogen (secondary N) is 2. The second-order valence-electron chi connectivity index (χ2n) is 7.40. The van der Waals surface area contributed by atoms with Gasteiger partial charge in [0, 0.05) is 12.5 Å². The molecule has 1 aliphatic heterocycles. The molecule has 0 saturated carbocycles. The van der Waals surface area contributed by atoms with E-state index in [-0.39, 0.29) is 17.0 Å². The van der Waals surface area contributed by atoms with Gasteiger partial charge in [-0.1, -0.05) is 5.21 Å². The van der Waals surface area contributed by atoms with Crippen molar-refractivity contribution in [3.05, 3.63) is 41.7 Å². The maximum Gasteiger partial charge on any atom is 0.251 e. The smallest absolute Gasteiger partial charge is 0.251 e. The first-order valence-electron chi connectivity index (χ1n) is 9.72. The molecular weight excluding hydrogens is 460 g/mol. The molecule has 0 bridgehead atoms. The number of hydrogen-bond donors (Lipinski definition) is 6. The van der Waals surface area contributed by atoms with E-state index in [1.807, 2.05) is 0 Å². The number of primary sulfonamides is 1. The molecule has 1 fully saturated rings. The molecule has 0 spiro atoms. The molecule has 15 heteroatoms. The molecule has 1 aromatic carbocycles. The number of aliphatic hydroxyl groups excluding tert-OH is 3. The van der Waals surface area contributed by atoms with Crippen molar-refractivity contribution in [3.63, 3.8) is 0 Å². The van der Waals surface area contributed by atoms with Crippen LogP contribution in [0.5, 0.6) is 0 Å². The zero-order valence-corrected chi connectivity index (χ0v) is 18.2. The number of amides is 2. The number of nitrogens with zero attached hydrogens (tertiary/aromatic N) is 3. The molecule has 180 valence electrons. The Morgan fingerprint density at radius 3 is 2.45 bits per heavy atom. The summed E-state index contributed by atoms with van der Waals surface area (Å²) in [6, 6.07) is 3.95. The topological polar surface area (TPSA) is 219 Å². The molecular formula is C18H24N6O8S. The summed E-state index contributed by atoms with van der Waals surface area (Å²) in [6.45, 7) is 0.595. The lowest BCUT2D eigenvalue weighted by Crippen LogP contribution is -2.62. The van der Waals surface area contributed by atoms with Crippen molar-refractivity contribution in [3.8, 4) is 0 Å². The van der Waals surface area contributed by atoms with Crippen LogP contribution in [0.2, 0.25) is 0 Å². The lowest BCUT2D eigenvalue weighted by atomic mass is 9.96. The lowest BCUT2D eigenvalue weighted by Gasteiger charge is -2.42. The van der Waals surface area contributed by atoms with Gasteiger partial charge >= 0.3 is 0 Å². The van der Waals surface area contributed by atoms with Gasteiger partial charge in [-0.2, -0.15) is 0 Å². The summed E-state index contributed by atoms with van der Waals surface area (Å²) < 4.78 is 29.4. The number of benzene rings is 1. The summed E-state index contributed by atoms with van der Waals surface area (Å²) in [6.07, 6.45) is -3.69. The van der Waals surface area contributed by atoms with E-state index < -0.39 is 59.0 Å². The quantitative estimate of drug-likeness (QED) is 0.233. The van der Waals surface area contributed by atoms with E-state index >= 15 is 0 Å². The van der Waals surface area contributed by atoms with Crippen molar-refractivity contribution in [1.29, 1.82) is 0 Å². The molecule has 7 N–H and O–H groups in total. The van der Waals surface area contributed by atoms with Crippen molar-refractivity contribution >= 4 is 21.8 Å². The third-order valence-electron chi connectivity index (χ3n) is 4.96.